The van der Waals surface area contributed by atoms with Crippen molar-refractivity contribution >= 4 is 33.1 Å². The summed E-state index contributed by atoms with van der Waals surface area (Å²) in [5.74, 6) is 0.362. The van der Waals surface area contributed by atoms with Gasteiger partial charge < -0.3 is 10.9 Å². The molecular formula is C12H18BrN3OS. The molecule has 1 aromatic rings. The van der Waals surface area contributed by atoms with Gasteiger partial charge in [0.1, 0.15) is 5.84 Å². The number of thiophene rings is 1. The highest BCUT2D eigenvalue weighted by atomic mass is 79.9. The molecule has 18 heavy (non-hydrogen) atoms. The molecule has 0 unspecified atom stereocenters. The monoisotopic (exact) mass is 331 g/mol. The first kappa shape index (κ1) is 13.8. The highest BCUT2D eigenvalue weighted by molar-refractivity contribution is 9.11. The highest BCUT2D eigenvalue weighted by Crippen LogP contribution is 2.32. The van der Waals surface area contributed by atoms with E-state index in [1.54, 1.807) is 11.3 Å². The van der Waals surface area contributed by atoms with Crippen LogP contribution in [0.5, 0.6) is 0 Å². The van der Waals surface area contributed by atoms with E-state index >= 15 is 0 Å². The molecule has 0 saturated carbocycles. The zero-order valence-corrected chi connectivity index (χ0v) is 12.8. The molecule has 1 aliphatic rings. The van der Waals surface area contributed by atoms with Crippen LogP contribution in [0.15, 0.2) is 21.1 Å². The minimum absolute atomic E-state index is 0.152. The summed E-state index contributed by atoms with van der Waals surface area (Å²) in [6.45, 7) is 5.04. The Morgan fingerprint density at radius 3 is 2.72 bits per heavy atom. The lowest BCUT2D eigenvalue weighted by Crippen LogP contribution is -2.45. The largest absolute Gasteiger partial charge is 0.409 e. The third-order valence-electron chi connectivity index (χ3n) is 3.69. The van der Waals surface area contributed by atoms with Crippen LogP contribution in [-0.4, -0.2) is 29.0 Å². The molecule has 100 valence electrons. The highest BCUT2D eigenvalue weighted by Gasteiger charge is 2.34. The van der Waals surface area contributed by atoms with E-state index in [1.807, 2.05) is 0 Å². The third kappa shape index (κ3) is 3.05. The average molecular weight is 332 g/mol. The second-order valence-corrected chi connectivity index (χ2v) is 7.58. The van der Waals surface area contributed by atoms with Crippen molar-refractivity contribution in [2.24, 2.45) is 16.3 Å². The van der Waals surface area contributed by atoms with Crippen molar-refractivity contribution in [1.82, 2.24) is 4.90 Å². The summed E-state index contributed by atoms with van der Waals surface area (Å²) >= 11 is 5.26. The number of amidine groups is 1. The van der Waals surface area contributed by atoms with E-state index in [1.165, 1.54) is 8.66 Å². The Balaban J connectivity index is 1.91. The van der Waals surface area contributed by atoms with Crippen LogP contribution in [-0.2, 0) is 6.54 Å². The maximum absolute atomic E-state index is 8.80. The lowest BCUT2D eigenvalue weighted by Gasteiger charge is -2.38. The number of nitrogens with two attached hydrogens (primary N) is 1. The summed E-state index contributed by atoms with van der Waals surface area (Å²) in [6.07, 6.45) is 1.88. The fraction of sp³-hybridized carbons (Fsp3) is 0.583. The molecule has 0 aromatic carbocycles. The second-order valence-electron chi connectivity index (χ2n) is 5.03. The van der Waals surface area contributed by atoms with E-state index in [4.69, 9.17) is 10.9 Å². The molecule has 1 aliphatic heterocycles. The van der Waals surface area contributed by atoms with E-state index in [-0.39, 0.29) is 5.41 Å². The van der Waals surface area contributed by atoms with Crippen molar-refractivity contribution in [2.75, 3.05) is 13.1 Å². The van der Waals surface area contributed by atoms with Gasteiger partial charge in [0.25, 0.3) is 0 Å². The summed E-state index contributed by atoms with van der Waals surface area (Å²) in [6, 6.07) is 4.25. The van der Waals surface area contributed by atoms with E-state index in [0.717, 1.165) is 32.5 Å². The predicted molar refractivity (Wildman–Crippen MR) is 78.0 cm³/mol. The lowest BCUT2D eigenvalue weighted by atomic mass is 9.79. The normalized spacial score (nSPS) is 21.1. The smallest absolute Gasteiger partial charge is 0.145 e. The van der Waals surface area contributed by atoms with Crippen molar-refractivity contribution < 1.29 is 5.21 Å². The molecule has 3 N–H and O–H groups in total. The molecule has 4 nitrogen and oxygen atoms in total. The van der Waals surface area contributed by atoms with Gasteiger partial charge in [0, 0.05) is 16.8 Å². The first-order valence-corrected chi connectivity index (χ1v) is 7.59. The fourth-order valence-corrected chi connectivity index (χ4v) is 3.76. The molecule has 6 heteroatoms. The number of nitrogens with zero attached hydrogens (tertiary/aromatic N) is 2. The van der Waals surface area contributed by atoms with E-state index < -0.39 is 0 Å². The van der Waals surface area contributed by atoms with Gasteiger partial charge in [-0.1, -0.05) is 12.1 Å². The second kappa shape index (κ2) is 5.59. The minimum atomic E-state index is -0.152. The van der Waals surface area contributed by atoms with Gasteiger partial charge in [-0.3, -0.25) is 4.90 Å². The Morgan fingerprint density at radius 2 is 2.22 bits per heavy atom. The number of piperidine rings is 1. The van der Waals surface area contributed by atoms with Gasteiger partial charge >= 0.3 is 0 Å². The van der Waals surface area contributed by atoms with Crippen molar-refractivity contribution in [3.63, 3.8) is 0 Å². The Hall–Kier alpha value is -0.590. The first-order chi connectivity index (χ1) is 8.53. The van der Waals surface area contributed by atoms with Crippen molar-refractivity contribution in [3.05, 3.63) is 20.8 Å². The summed E-state index contributed by atoms with van der Waals surface area (Å²) in [7, 11) is 0. The molecular weight excluding hydrogens is 314 g/mol. The molecule has 2 heterocycles. The molecule has 0 amide bonds. The summed E-state index contributed by atoms with van der Waals surface area (Å²) in [5.41, 5.74) is 5.61. The number of oxime groups is 1. The zero-order chi connectivity index (χ0) is 13.2. The van der Waals surface area contributed by atoms with Crippen LogP contribution in [0.25, 0.3) is 0 Å². The fourth-order valence-electron chi connectivity index (χ4n) is 2.24. The summed E-state index contributed by atoms with van der Waals surface area (Å²) < 4.78 is 1.18. The Morgan fingerprint density at radius 1 is 1.56 bits per heavy atom. The first-order valence-electron chi connectivity index (χ1n) is 5.98. The number of halogens is 1. The maximum Gasteiger partial charge on any atom is 0.145 e. The number of hydrogen-bond donors (Lipinski definition) is 2. The van der Waals surface area contributed by atoms with Gasteiger partial charge in [-0.25, -0.2) is 0 Å². The average Bonchev–Trinajstić information content (AvgIpc) is 2.77. The van der Waals surface area contributed by atoms with Crippen LogP contribution in [0.3, 0.4) is 0 Å². The van der Waals surface area contributed by atoms with Gasteiger partial charge in [-0.15, -0.1) is 11.3 Å². The zero-order valence-electron chi connectivity index (χ0n) is 10.4. The van der Waals surface area contributed by atoms with Crippen molar-refractivity contribution in [3.8, 4) is 0 Å². The molecule has 0 bridgehead atoms. The number of likely N-dealkylation sites (tertiary alicyclic amines) is 1. The van der Waals surface area contributed by atoms with Crippen LogP contribution in [0.1, 0.15) is 24.6 Å². The van der Waals surface area contributed by atoms with Crippen molar-refractivity contribution in [2.45, 2.75) is 26.3 Å². The lowest BCUT2D eigenvalue weighted by molar-refractivity contribution is 0.154. The topological polar surface area (TPSA) is 61.9 Å². The molecule has 0 spiro atoms. The maximum atomic E-state index is 8.80. The van der Waals surface area contributed by atoms with Gasteiger partial charge in [0.2, 0.25) is 0 Å². The van der Waals surface area contributed by atoms with Crippen LogP contribution >= 0.6 is 27.3 Å². The number of hydrogen-bond acceptors (Lipinski definition) is 4. The summed E-state index contributed by atoms with van der Waals surface area (Å²) in [4.78, 5) is 3.79. The van der Waals surface area contributed by atoms with E-state index in [0.29, 0.717) is 5.84 Å². The van der Waals surface area contributed by atoms with Crippen LogP contribution in [0.2, 0.25) is 0 Å². The van der Waals surface area contributed by atoms with Gasteiger partial charge in [0.15, 0.2) is 0 Å². The van der Waals surface area contributed by atoms with Gasteiger partial charge in [0.05, 0.1) is 3.79 Å². The molecule has 2 rings (SSSR count). The van der Waals surface area contributed by atoms with Crippen LogP contribution in [0, 0.1) is 5.41 Å². The molecule has 0 atom stereocenters. The molecule has 1 fully saturated rings. The molecule has 1 saturated heterocycles. The molecule has 0 aliphatic carbocycles. The minimum Gasteiger partial charge on any atom is -0.409 e. The Kier molecular flexibility index (Phi) is 4.29. The molecule has 0 radical (unpaired) electrons. The predicted octanol–water partition coefficient (Wildman–Crippen LogP) is 2.86. The SMILES string of the molecule is CC1(/C(N)=N/O)CCN(Cc2ccc(Br)s2)CC1. The quantitative estimate of drug-likeness (QED) is 0.387. The summed E-state index contributed by atoms with van der Waals surface area (Å²) in [5, 5.41) is 12.0. The van der Waals surface area contributed by atoms with E-state index in [9.17, 15) is 0 Å². The standard InChI is InChI=1S/C12H18BrN3OS/c1-12(11(14)15-17)4-6-16(7-5-12)8-9-2-3-10(13)18-9/h2-3,17H,4-8H2,1H3,(H2,14,15). The van der Waals surface area contributed by atoms with Crippen LogP contribution < -0.4 is 5.73 Å². The van der Waals surface area contributed by atoms with Gasteiger partial charge in [-0.05, 0) is 54.0 Å². The van der Waals surface area contributed by atoms with E-state index in [2.05, 4.69) is 45.0 Å². The number of rotatable bonds is 3. The van der Waals surface area contributed by atoms with Gasteiger partial charge in [-0.2, -0.15) is 0 Å². The van der Waals surface area contributed by atoms with Crippen molar-refractivity contribution in [1.29, 1.82) is 0 Å². The Bertz CT molecular complexity index is 438. The van der Waals surface area contributed by atoms with Crippen LogP contribution in [0.4, 0.5) is 0 Å². The third-order valence-corrected chi connectivity index (χ3v) is 5.30. The Labute approximate surface area is 120 Å². The molecule has 1 aromatic heterocycles.